The van der Waals surface area contributed by atoms with Crippen LogP contribution in [0, 0.1) is 13.8 Å². The molecule has 1 rings (SSSR count). The number of benzene rings is 1. The third-order valence-corrected chi connectivity index (χ3v) is 1.17. The molecule has 0 aliphatic heterocycles. The summed E-state index contributed by atoms with van der Waals surface area (Å²) in [5.74, 6) is 0. The van der Waals surface area contributed by atoms with Gasteiger partial charge in [-0.1, -0.05) is 35.4 Å². The summed E-state index contributed by atoms with van der Waals surface area (Å²) in [6, 6.07) is 8.45. The minimum Gasteiger partial charge on any atom is -1.00 e. The summed E-state index contributed by atoms with van der Waals surface area (Å²) in [7, 11) is 0. The summed E-state index contributed by atoms with van der Waals surface area (Å²) in [5, 5.41) is 0. The molecule has 0 aromatic heterocycles. The molecule has 0 fully saturated rings. The molecule has 0 unspecified atom stereocenters. The van der Waals surface area contributed by atoms with Crippen LogP contribution >= 0.6 is 0 Å². The summed E-state index contributed by atoms with van der Waals surface area (Å²) in [6.07, 6.45) is 0. The first kappa shape index (κ1) is 9.48. The standard InChI is InChI=1S/C8H10.Ca.2H/c1-7-4-3-5-8(2)6-7;;;/h3-6H,1-2H3;;;/q;+2;2*-1. The molecule has 0 aliphatic rings. The molecule has 0 spiro atoms. The fourth-order valence-electron chi connectivity index (χ4n) is 0.807. The van der Waals surface area contributed by atoms with Gasteiger partial charge in [-0.3, -0.25) is 0 Å². The van der Waals surface area contributed by atoms with E-state index < -0.39 is 0 Å². The van der Waals surface area contributed by atoms with Crippen molar-refractivity contribution < 1.29 is 2.85 Å². The Morgan fingerprint density at radius 1 is 1.11 bits per heavy atom. The molecule has 0 saturated carbocycles. The van der Waals surface area contributed by atoms with Crippen LogP contribution in [-0.2, 0) is 0 Å². The Labute approximate surface area is 89.2 Å². The zero-order chi connectivity index (χ0) is 5.98. The van der Waals surface area contributed by atoms with E-state index in [0.717, 1.165) is 0 Å². The van der Waals surface area contributed by atoms with Gasteiger partial charge in [-0.05, 0) is 13.8 Å². The Balaban J connectivity index is -0.000000213. The van der Waals surface area contributed by atoms with Gasteiger partial charge in [0.25, 0.3) is 0 Å². The fraction of sp³-hybridized carbons (Fsp3) is 0.250. The van der Waals surface area contributed by atoms with Crippen molar-refractivity contribution in [1.82, 2.24) is 0 Å². The molecule has 9 heavy (non-hydrogen) atoms. The van der Waals surface area contributed by atoms with E-state index in [9.17, 15) is 0 Å². The summed E-state index contributed by atoms with van der Waals surface area (Å²) in [4.78, 5) is 0. The van der Waals surface area contributed by atoms with Gasteiger partial charge in [-0.25, -0.2) is 0 Å². The maximum Gasteiger partial charge on any atom is 2.00 e. The molecule has 0 nitrogen and oxygen atoms in total. The first-order chi connectivity index (χ1) is 3.79. The van der Waals surface area contributed by atoms with Crippen molar-refractivity contribution in [2.45, 2.75) is 13.8 Å². The molecular formula is C8H12Ca. The van der Waals surface area contributed by atoms with E-state index in [0.29, 0.717) is 0 Å². The van der Waals surface area contributed by atoms with E-state index in [1.165, 1.54) is 11.1 Å². The van der Waals surface area contributed by atoms with Crippen LogP contribution in [0.1, 0.15) is 14.0 Å². The molecule has 0 atom stereocenters. The smallest absolute Gasteiger partial charge is 1.00 e. The normalized spacial score (nSPS) is 8.22. The predicted molar refractivity (Wildman–Crippen MR) is 43.9 cm³/mol. The fourth-order valence-corrected chi connectivity index (χ4v) is 0.807. The van der Waals surface area contributed by atoms with Gasteiger partial charge in [-0.15, -0.1) is 0 Å². The van der Waals surface area contributed by atoms with Gasteiger partial charge in [0, 0.05) is 0 Å². The summed E-state index contributed by atoms with van der Waals surface area (Å²) < 4.78 is 0. The van der Waals surface area contributed by atoms with Crippen LogP contribution in [0.2, 0.25) is 0 Å². The molecule has 0 aliphatic carbocycles. The van der Waals surface area contributed by atoms with Crippen LogP contribution in [0.4, 0.5) is 0 Å². The van der Waals surface area contributed by atoms with Crippen LogP contribution in [0.3, 0.4) is 0 Å². The van der Waals surface area contributed by atoms with E-state index in [1.54, 1.807) is 0 Å². The quantitative estimate of drug-likeness (QED) is 0.494. The number of hydrogen-bond acceptors (Lipinski definition) is 0. The minimum absolute atomic E-state index is 0. The topological polar surface area (TPSA) is 0 Å². The van der Waals surface area contributed by atoms with Gasteiger partial charge < -0.3 is 2.85 Å². The molecule has 1 aromatic carbocycles. The second kappa shape index (κ2) is 4.32. The molecule has 1 aromatic rings. The minimum atomic E-state index is 0. The second-order valence-corrected chi connectivity index (χ2v) is 2.16. The van der Waals surface area contributed by atoms with Crippen molar-refractivity contribution in [3.8, 4) is 0 Å². The van der Waals surface area contributed by atoms with E-state index in [-0.39, 0.29) is 40.6 Å². The monoisotopic (exact) mass is 148 g/mol. The molecule has 1 heteroatoms. The summed E-state index contributed by atoms with van der Waals surface area (Å²) >= 11 is 0. The van der Waals surface area contributed by atoms with Crippen molar-refractivity contribution in [1.29, 1.82) is 0 Å². The van der Waals surface area contributed by atoms with Gasteiger partial charge in [0.05, 0.1) is 0 Å². The first-order valence-electron chi connectivity index (χ1n) is 2.82. The zero-order valence-electron chi connectivity index (χ0n) is 8.02. The number of rotatable bonds is 0. The average molecular weight is 148 g/mol. The van der Waals surface area contributed by atoms with Gasteiger partial charge in [-0.2, -0.15) is 0 Å². The van der Waals surface area contributed by atoms with Crippen molar-refractivity contribution in [3.05, 3.63) is 35.4 Å². The molecule has 46 valence electrons. The Morgan fingerprint density at radius 2 is 1.56 bits per heavy atom. The van der Waals surface area contributed by atoms with Crippen molar-refractivity contribution in [2.24, 2.45) is 0 Å². The first-order valence-corrected chi connectivity index (χ1v) is 2.82. The molecule has 0 saturated heterocycles. The Kier molecular flexibility index (Phi) is 4.55. The predicted octanol–water partition coefficient (Wildman–Crippen LogP) is 2.15. The second-order valence-electron chi connectivity index (χ2n) is 2.16. The van der Waals surface area contributed by atoms with E-state index in [4.69, 9.17) is 0 Å². The molecule has 0 bridgehead atoms. The van der Waals surface area contributed by atoms with Crippen molar-refractivity contribution in [2.75, 3.05) is 0 Å². The van der Waals surface area contributed by atoms with Crippen LogP contribution in [-0.4, -0.2) is 37.7 Å². The van der Waals surface area contributed by atoms with E-state index in [2.05, 4.69) is 38.1 Å². The van der Waals surface area contributed by atoms with Crippen LogP contribution < -0.4 is 0 Å². The SMILES string of the molecule is Cc1cccc(C)c1.[Ca+2].[H-].[H-]. The van der Waals surface area contributed by atoms with Crippen LogP contribution in [0.25, 0.3) is 0 Å². The van der Waals surface area contributed by atoms with Crippen LogP contribution in [0.15, 0.2) is 24.3 Å². The Bertz CT molecular complexity index is 172. The molecule has 0 radical (unpaired) electrons. The van der Waals surface area contributed by atoms with Crippen LogP contribution in [0.5, 0.6) is 0 Å². The summed E-state index contributed by atoms with van der Waals surface area (Å²) in [5.41, 5.74) is 2.68. The summed E-state index contributed by atoms with van der Waals surface area (Å²) in [6.45, 7) is 4.21. The maximum atomic E-state index is 2.17. The van der Waals surface area contributed by atoms with Crippen molar-refractivity contribution in [3.63, 3.8) is 0 Å². The third-order valence-electron chi connectivity index (χ3n) is 1.17. The zero-order valence-corrected chi connectivity index (χ0v) is 8.22. The number of aryl methyl sites for hydroxylation is 2. The molecular weight excluding hydrogens is 136 g/mol. The van der Waals surface area contributed by atoms with Gasteiger partial charge in [0.2, 0.25) is 0 Å². The van der Waals surface area contributed by atoms with Gasteiger partial charge in [0.15, 0.2) is 0 Å². The van der Waals surface area contributed by atoms with E-state index in [1.807, 2.05) is 0 Å². The molecule has 0 amide bonds. The molecule has 0 heterocycles. The third kappa shape index (κ3) is 3.24. The largest absolute Gasteiger partial charge is 2.00 e. The average Bonchev–Trinajstić information content (AvgIpc) is 1.64. The Hall–Kier alpha value is 0.480. The maximum absolute atomic E-state index is 2.17. The number of hydrogen-bond donors (Lipinski definition) is 0. The van der Waals surface area contributed by atoms with Gasteiger partial charge in [0.1, 0.15) is 0 Å². The van der Waals surface area contributed by atoms with E-state index >= 15 is 0 Å². The molecule has 0 N–H and O–H groups in total. The van der Waals surface area contributed by atoms with Gasteiger partial charge >= 0.3 is 37.7 Å². The van der Waals surface area contributed by atoms with Crippen molar-refractivity contribution >= 4 is 37.7 Å². The Morgan fingerprint density at radius 3 is 1.78 bits per heavy atom.